The number of aromatic nitrogens is 1. The molecule has 1 aliphatic rings. The highest BCUT2D eigenvalue weighted by atomic mass is 16.1. The van der Waals surface area contributed by atoms with Gasteiger partial charge in [-0.3, -0.25) is 4.79 Å². The largest absolute Gasteiger partial charge is 0.356 e. The molecule has 0 radical (unpaired) electrons. The molecule has 1 aliphatic heterocycles. The molecule has 0 spiro atoms. The number of piperidine rings is 1. The highest BCUT2D eigenvalue weighted by Crippen LogP contribution is 2.27. The molecule has 2 aromatic rings. The average molecular weight is 282 g/mol. The fourth-order valence-corrected chi connectivity index (χ4v) is 3.01. The Labute approximate surface area is 126 Å². The van der Waals surface area contributed by atoms with Gasteiger partial charge < -0.3 is 4.90 Å². The number of aldehydes is 1. The van der Waals surface area contributed by atoms with E-state index in [1.165, 1.54) is 24.8 Å². The summed E-state index contributed by atoms with van der Waals surface area (Å²) in [4.78, 5) is 18.5. The van der Waals surface area contributed by atoms with Gasteiger partial charge in [0.2, 0.25) is 0 Å². The number of hydrogen-bond donors (Lipinski definition) is 0. The number of carbonyl (C=O) groups excluding carboxylic acids is 1. The van der Waals surface area contributed by atoms with Crippen LogP contribution in [-0.2, 0) is 0 Å². The van der Waals surface area contributed by atoms with E-state index in [-0.39, 0.29) is 0 Å². The van der Waals surface area contributed by atoms with Crippen LogP contribution < -0.4 is 4.90 Å². The number of carbonyl (C=O) groups is 1. The molecule has 1 fully saturated rings. The van der Waals surface area contributed by atoms with Crippen LogP contribution in [-0.4, -0.2) is 24.4 Å². The number of fused-ring (bicyclic) bond motifs is 1. The number of anilines is 1. The Morgan fingerprint density at radius 2 is 1.90 bits per heavy atom. The minimum atomic E-state index is 0.482. The Morgan fingerprint density at radius 3 is 2.57 bits per heavy atom. The summed E-state index contributed by atoms with van der Waals surface area (Å²) in [7, 11) is 0. The van der Waals surface area contributed by atoms with Gasteiger partial charge in [0, 0.05) is 18.5 Å². The fraction of sp³-hybridized carbons (Fsp3) is 0.444. The second-order valence-electron chi connectivity index (χ2n) is 6.17. The number of benzene rings is 1. The third-order valence-electron chi connectivity index (χ3n) is 4.30. The minimum absolute atomic E-state index is 0.482. The molecule has 0 N–H and O–H groups in total. The molecule has 0 saturated carbocycles. The van der Waals surface area contributed by atoms with E-state index in [2.05, 4.69) is 36.9 Å². The van der Waals surface area contributed by atoms with E-state index in [0.29, 0.717) is 11.5 Å². The maximum absolute atomic E-state index is 11.5. The maximum Gasteiger partial charge on any atom is 0.153 e. The molecular formula is C18H22N2O. The molecule has 1 aromatic heterocycles. The summed E-state index contributed by atoms with van der Waals surface area (Å²) < 4.78 is 0. The SMILES string of the molecule is CC(C)c1ccc2nc(N3CCCCC3)c(C=O)cc2c1. The predicted octanol–water partition coefficient (Wildman–Crippen LogP) is 4.16. The van der Waals surface area contributed by atoms with E-state index in [1.807, 2.05) is 6.07 Å². The van der Waals surface area contributed by atoms with Gasteiger partial charge in [-0.25, -0.2) is 4.98 Å². The third kappa shape index (κ3) is 2.78. The van der Waals surface area contributed by atoms with Gasteiger partial charge >= 0.3 is 0 Å². The Morgan fingerprint density at radius 1 is 1.14 bits per heavy atom. The molecule has 3 heteroatoms. The molecule has 0 unspecified atom stereocenters. The van der Waals surface area contributed by atoms with Crippen LogP contribution in [0.3, 0.4) is 0 Å². The van der Waals surface area contributed by atoms with E-state index in [0.717, 1.165) is 36.1 Å². The lowest BCUT2D eigenvalue weighted by atomic mass is 10.0. The Balaban J connectivity index is 2.08. The highest BCUT2D eigenvalue weighted by molar-refractivity contribution is 5.92. The molecule has 1 aromatic carbocycles. The highest BCUT2D eigenvalue weighted by Gasteiger charge is 2.17. The number of hydrogen-bond acceptors (Lipinski definition) is 3. The van der Waals surface area contributed by atoms with Crippen molar-refractivity contribution in [1.82, 2.24) is 4.98 Å². The molecule has 3 rings (SSSR count). The summed E-state index contributed by atoms with van der Waals surface area (Å²) >= 11 is 0. The van der Waals surface area contributed by atoms with Gasteiger partial charge in [0.15, 0.2) is 6.29 Å². The second-order valence-corrected chi connectivity index (χ2v) is 6.17. The maximum atomic E-state index is 11.5. The van der Waals surface area contributed by atoms with Gasteiger partial charge in [0.05, 0.1) is 11.1 Å². The van der Waals surface area contributed by atoms with Crippen molar-refractivity contribution in [2.45, 2.75) is 39.0 Å². The van der Waals surface area contributed by atoms with Gasteiger partial charge in [0.1, 0.15) is 5.82 Å². The van der Waals surface area contributed by atoms with Crippen LogP contribution in [0.4, 0.5) is 5.82 Å². The normalized spacial score (nSPS) is 15.7. The van der Waals surface area contributed by atoms with Gasteiger partial charge in [-0.1, -0.05) is 19.9 Å². The van der Waals surface area contributed by atoms with Crippen LogP contribution in [0.5, 0.6) is 0 Å². The minimum Gasteiger partial charge on any atom is -0.356 e. The lowest BCUT2D eigenvalue weighted by molar-refractivity contribution is 0.112. The first-order chi connectivity index (χ1) is 10.2. The third-order valence-corrected chi connectivity index (χ3v) is 4.30. The summed E-state index contributed by atoms with van der Waals surface area (Å²) in [6.45, 7) is 6.36. The Hall–Kier alpha value is -1.90. The lowest BCUT2D eigenvalue weighted by Gasteiger charge is -2.29. The molecule has 0 bridgehead atoms. The van der Waals surface area contributed by atoms with Gasteiger partial charge in [0.25, 0.3) is 0 Å². The van der Waals surface area contributed by atoms with E-state index in [1.54, 1.807) is 0 Å². The molecule has 0 atom stereocenters. The fourth-order valence-electron chi connectivity index (χ4n) is 3.01. The predicted molar refractivity (Wildman–Crippen MR) is 87.3 cm³/mol. The Bertz CT molecular complexity index is 658. The van der Waals surface area contributed by atoms with Crippen LogP contribution in [0.2, 0.25) is 0 Å². The number of pyridine rings is 1. The van der Waals surface area contributed by atoms with E-state index < -0.39 is 0 Å². The van der Waals surface area contributed by atoms with Crippen molar-refractivity contribution < 1.29 is 4.79 Å². The van der Waals surface area contributed by atoms with E-state index in [9.17, 15) is 4.79 Å². The van der Waals surface area contributed by atoms with Crippen molar-refractivity contribution in [3.05, 3.63) is 35.4 Å². The molecule has 1 saturated heterocycles. The van der Waals surface area contributed by atoms with E-state index in [4.69, 9.17) is 4.98 Å². The Kier molecular flexibility index (Phi) is 3.91. The van der Waals surface area contributed by atoms with Crippen molar-refractivity contribution in [3.8, 4) is 0 Å². The first-order valence-corrected chi connectivity index (χ1v) is 7.84. The zero-order chi connectivity index (χ0) is 14.8. The quantitative estimate of drug-likeness (QED) is 0.792. The standard InChI is InChI=1S/C18H22N2O/c1-13(2)14-6-7-17-15(10-14)11-16(12-21)18(19-17)20-8-4-3-5-9-20/h6-7,10-13H,3-5,8-9H2,1-2H3. The van der Waals surface area contributed by atoms with Crippen molar-refractivity contribution in [3.63, 3.8) is 0 Å². The molecule has 21 heavy (non-hydrogen) atoms. The number of rotatable bonds is 3. The van der Waals surface area contributed by atoms with Crippen LogP contribution in [0.1, 0.15) is 54.9 Å². The second kappa shape index (κ2) is 5.84. The van der Waals surface area contributed by atoms with E-state index >= 15 is 0 Å². The summed E-state index contributed by atoms with van der Waals surface area (Å²) in [5, 5.41) is 1.06. The molecular weight excluding hydrogens is 260 g/mol. The zero-order valence-electron chi connectivity index (χ0n) is 12.8. The van der Waals surface area contributed by atoms with Gasteiger partial charge in [-0.15, -0.1) is 0 Å². The topological polar surface area (TPSA) is 33.2 Å². The average Bonchev–Trinajstić information content (AvgIpc) is 2.53. The summed E-state index contributed by atoms with van der Waals surface area (Å²) in [6.07, 6.45) is 4.59. The van der Waals surface area contributed by atoms with Crippen molar-refractivity contribution >= 4 is 23.0 Å². The summed E-state index contributed by atoms with van der Waals surface area (Å²) in [6, 6.07) is 8.36. The van der Waals surface area contributed by atoms with Crippen LogP contribution in [0.15, 0.2) is 24.3 Å². The molecule has 0 aliphatic carbocycles. The monoisotopic (exact) mass is 282 g/mol. The van der Waals surface area contributed by atoms with Crippen molar-refractivity contribution in [2.24, 2.45) is 0 Å². The molecule has 3 nitrogen and oxygen atoms in total. The molecule has 110 valence electrons. The molecule has 0 amide bonds. The van der Waals surface area contributed by atoms with Crippen molar-refractivity contribution in [1.29, 1.82) is 0 Å². The first-order valence-electron chi connectivity index (χ1n) is 7.84. The molecule has 2 heterocycles. The lowest BCUT2D eigenvalue weighted by Crippen LogP contribution is -2.31. The summed E-state index contributed by atoms with van der Waals surface area (Å²) in [5.74, 6) is 1.34. The first kappa shape index (κ1) is 14.1. The van der Waals surface area contributed by atoms with Gasteiger partial charge in [-0.2, -0.15) is 0 Å². The van der Waals surface area contributed by atoms with Crippen molar-refractivity contribution in [2.75, 3.05) is 18.0 Å². The van der Waals surface area contributed by atoms with Crippen LogP contribution >= 0.6 is 0 Å². The van der Waals surface area contributed by atoms with Crippen LogP contribution in [0, 0.1) is 0 Å². The zero-order valence-corrected chi connectivity index (χ0v) is 12.8. The number of nitrogens with zero attached hydrogens (tertiary/aromatic N) is 2. The smallest absolute Gasteiger partial charge is 0.153 e. The van der Waals surface area contributed by atoms with Gasteiger partial charge in [-0.05, 0) is 48.9 Å². The van der Waals surface area contributed by atoms with Crippen LogP contribution in [0.25, 0.3) is 10.9 Å². The summed E-state index contributed by atoms with van der Waals surface area (Å²) in [5.41, 5.74) is 2.97.